The van der Waals surface area contributed by atoms with E-state index < -0.39 is 24.3 Å². The molecule has 4 aromatic rings. The third-order valence-corrected chi connectivity index (χ3v) is 9.96. The zero-order valence-corrected chi connectivity index (χ0v) is 29.5. The zero-order chi connectivity index (χ0) is 35.6. The summed E-state index contributed by atoms with van der Waals surface area (Å²) in [5.41, 5.74) is 6.74. The lowest BCUT2D eigenvalue weighted by atomic mass is 9.89. The van der Waals surface area contributed by atoms with Crippen LogP contribution in [0.4, 0.5) is 4.79 Å². The minimum atomic E-state index is -0.808. The summed E-state index contributed by atoms with van der Waals surface area (Å²) in [7, 11) is 1.32. The average molecular weight is 692 g/mol. The van der Waals surface area contributed by atoms with Gasteiger partial charge in [0.2, 0.25) is 0 Å². The molecule has 6 rings (SSSR count). The van der Waals surface area contributed by atoms with Crippen molar-refractivity contribution >= 4 is 12.0 Å². The van der Waals surface area contributed by atoms with E-state index in [2.05, 4.69) is 58.9 Å². The number of benzene rings is 4. The number of hydrogen-bond acceptors (Lipinski definition) is 7. The van der Waals surface area contributed by atoms with E-state index in [9.17, 15) is 14.7 Å². The summed E-state index contributed by atoms with van der Waals surface area (Å²) < 4.78 is 18.5. The number of urea groups is 1. The molecule has 2 aliphatic heterocycles. The number of piperidine rings is 1. The molecule has 9 heteroatoms. The lowest BCUT2D eigenvalue weighted by Gasteiger charge is -2.43. The van der Waals surface area contributed by atoms with Crippen LogP contribution in [0.25, 0.3) is 11.1 Å². The number of amides is 2. The van der Waals surface area contributed by atoms with Crippen molar-refractivity contribution in [2.75, 3.05) is 26.7 Å². The summed E-state index contributed by atoms with van der Waals surface area (Å²) in [6.45, 7) is 5.55. The Labute approximate surface area is 300 Å². The molecule has 5 atom stereocenters. The predicted octanol–water partition coefficient (Wildman–Crippen LogP) is 6.71. The van der Waals surface area contributed by atoms with Crippen LogP contribution in [-0.2, 0) is 38.6 Å². The molecule has 2 heterocycles. The van der Waals surface area contributed by atoms with Crippen molar-refractivity contribution in [2.45, 2.75) is 70.3 Å². The number of nitrogens with one attached hydrogen (secondary N) is 2. The molecule has 2 fully saturated rings. The smallest absolute Gasteiger partial charge is 0.328 e. The summed E-state index contributed by atoms with van der Waals surface area (Å²) in [6, 6.07) is 32.6. The van der Waals surface area contributed by atoms with Gasteiger partial charge < -0.3 is 34.9 Å². The lowest BCUT2D eigenvalue weighted by Crippen LogP contribution is -2.47. The van der Waals surface area contributed by atoms with Gasteiger partial charge in [0, 0.05) is 31.0 Å². The first kappa shape index (κ1) is 36.3. The standard InChI is InChI=1S/C42H49N3O6/c1-29-38(27-45-21-7-4-8-22-45)50-41(51-39(29)33-19-17-31(28-46)18-20-33)36-16-10-15-35(25-36)34-14-9-13-32(23-34)26-43-42(48)44-37(40(47)49-2)24-30-11-5-3-6-12-30/h3,5-6,9-20,23,25,29,37-39,41,46H,4,7-8,21-22,24,26-28H2,1-2H3,(H2,43,44,48)/t29-,37-,38+,39+,41+/m0/s1. The van der Waals surface area contributed by atoms with E-state index in [0.717, 1.165) is 58.6 Å². The van der Waals surface area contributed by atoms with Gasteiger partial charge in [-0.15, -0.1) is 0 Å². The molecule has 0 aromatic heterocycles. The monoisotopic (exact) mass is 691 g/mol. The van der Waals surface area contributed by atoms with Crippen LogP contribution >= 0.6 is 0 Å². The Morgan fingerprint density at radius 2 is 1.53 bits per heavy atom. The molecule has 268 valence electrons. The van der Waals surface area contributed by atoms with Crippen LogP contribution in [0.5, 0.6) is 0 Å². The molecule has 3 N–H and O–H groups in total. The number of carbonyl (C=O) groups is 2. The maximum absolute atomic E-state index is 12.9. The number of rotatable bonds is 12. The molecule has 4 aromatic carbocycles. The highest BCUT2D eigenvalue weighted by Gasteiger charge is 2.39. The number of hydrogen-bond donors (Lipinski definition) is 3. The summed E-state index contributed by atoms with van der Waals surface area (Å²) >= 11 is 0. The maximum atomic E-state index is 12.9. The largest absolute Gasteiger partial charge is 0.467 e. The van der Waals surface area contributed by atoms with Gasteiger partial charge in [-0.2, -0.15) is 0 Å². The molecular formula is C42H49N3O6. The fraction of sp³-hybridized carbons (Fsp3) is 0.381. The maximum Gasteiger partial charge on any atom is 0.328 e. The molecule has 9 nitrogen and oxygen atoms in total. The fourth-order valence-electron chi connectivity index (χ4n) is 7.03. The third-order valence-electron chi connectivity index (χ3n) is 9.96. The Balaban J connectivity index is 1.15. The van der Waals surface area contributed by atoms with Gasteiger partial charge in [0.05, 0.1) is 25.9 Å². The van der Waals surface area contributed by atoms with Gasteiger partial charge in [0.25, 0.3) is 0 Å². The number of aliphatic hydroxyl groups is 1. The summed E-state index contributed by atoms with van der Waals surface area (Å²) in [4.78, 5) is 27.8. The Bertz CT molecular complexity index is 1730. The van der Waals surface area contributed by atoms with Gasteiger partial charge in [-0.05, 0) is 71.4 Å². The van der Waals surface area contributed by atoms with Crippen molar-refractivity contribution in [3.63, 3.8) is 0 Å². The Morgan fingerprint density at radius 1 is 0.824 bits per heavy atom. The molecule has 2 amide bonds. The van der Waals surface area contributed by atoms with Gasteiger partial charge in [0.15, 0.2) is 6.29 Å². The molecule has 0 aliphatic carbocycles. The van der Waals surface area contributed by atoms with Crippen molar-refractivity contribution in [1.82, 2.24) is 15.5 Å². The van der Waals surface area contributed by atoms with Crippen molar-refractivity contribution in [1.29, 1.82) is 0 Å². The van der Waals surface area contributed by atoms with Gasteiger partial charge in [-0.3, -0.25) is 0 Å². The Kier molecular flexibility index (Phi) is 12.5. The lowest BCUT2D eigenvalue weighted by molar-refractivity contribution is -0.276. The summed E-state index contributed by atoms with van der Waals surface area (Å²) in [5.74, 6) is -0.367. The molecule has 0 radical (unpaired) electrons. The fourth-order valence-corrected chi connectivity index (χ4v) is 7.03. The highest BCUT2D eigenvalue weighted by atomic mass is 16.7. The minimum Gasteiger partial charge on any atom is -0.467 e. The quantitative estimate of drug-likeness (QED) is 0.142. The number of carbonyl (C=O) groups excluding carboxylic acids is 2. The van der Waals surface area contributed by atoms with E-state index in [4.69, 9.17) is 14.2 Å². The van der Waals surface area contributed by atoms with Crippen LogP contribution in [0.15, 0.2) is 103 Å². The topological polar surface area (TPSA) is 109 Å². The van der Waals surface area contributed by atoms with Crippen molar-refractivity contribution in [3.05, 3.63) is 131 Å². The van der Waals surface area contributed by atoms with E-state index in [1.165, 1.54) is 26.4 Å². The van der Waals surface area contributed by atoms with Gasteiger partial charge in [-0.25, -0.2) is 9.59 Å². The number of nitrogens with zero attached hydrogens (tertiary/aromatic N) is 1. The number of ether oxygens (including phenoxy) is 3. The first-order chi connectivity index (χ1) is 24.9. The molecular weight excluding hydrogens is 642 g/mol. The highest BCUT2D eigenvalue weighted by Crippen LogP contribution is 2.42. The third kappa shape index (κ3) is 9.62. The van der Waals surface area contributed by atoms with Crippen LogP contribution in [0.3, 0.4) is 0 Å². The number of methoxy groups -OCH3 is 1. The Morgan fingerprint density at radius 3 is 2.25 bits per heavy atom. The van der Waals surface area contributed by atoms with Gasteiger partial charge in [0.1, 0.15) is 6.04 Å². The predicted molar refractivity (Wildman–Crippen MR) is 196 cm³/mol. The second-order valence-electron chi connectivity index (χ2n) is 13.6. The summed E-state index contributed by atoms with van der Waals surface area (Å²) in [6.07, 6.45) is 3.32. The molecule has 0 saturated carbocycles. The average Bonchev–Trinajstić information content (AvgIpc) is 3.18. The molecule has 0 unspecified atom stereocenters. The van der Waals surface area contributed by atoms with Gasteiger partial charge >= 0.3 is 12.0 Å². The molecule has 2 aliphatic rings. The van der Waals surface area contributed by atoms with Crippen LogP contribution in [-0.4, -0.2) is 60.9 Å². The van der Waals surface area contributed by atoms with E-state index in [1.807, 2.05) is 66.7 Å². The van der Waals surface area contributed by atoms with Crippen LogP contribution < -0.4 is 10.6 Å². The molecule has 2 saturated heterocycles. The van der Waals surface area contributed by atoms with E-state index in [1.54, 1.807) is 0 Å². The van der Waals surface area contributed by atoms with E-state index >= 15 is 0 Å². The molecule has 0 spiro atoms. The highest BCUT2D eigenvalue weighted by molar-refractivity contribution is 5.83. The van der Waals surface area contributed by atoms with Gasteiger partial charge in [-0.1, -0.05) is 104 Å². The number of likely N-dealkylation sites (tertiary alicyclic amines) is 1. The normalized spacial score (nSPS) is 21.4. The van der Waals surface area contributed by atoms with Crippen LogP contribution in [0.1, 0.15) is 66.4 Å². The molecule has 51 heavy (non-hydrogen) atoms. The second kappa shape index (κ2) is 17.6. The SMILES string of the molecule is COC(=O)[C@H](Cc1ccccc1)NC(=O)NCc1cccc(-c2cccc([C@@H]3O[C@H](CN4CCCCC4)[C@H](C)[C@H](c4ccc(CO)cc4)O3)c2)c1. The minimum absolute atomic E-state index is 0.00650. The first-order valence-electron chi connectivity index (χ1n) is 18.0. The van der Waals surface area contributed by atoms with Crippen LogP contribution in [0.2, 0.25) is 0 Å². The van der Waals surface area contributed by atoms with Crippen molar-refractivity contribution < 1.29 is 28.9 Å². The number of esters is 1. The Hall–Kier alpha value is -4.54. The molecule has 0 bridgehead atoms. The van der Waals surface area contributed by atoms with Crippen molar-refractivity contribution in [2.24, 2.45) is 5.92 Å². The summed E-state index contributed by atoms with van der Waals surface area (Å²) in [5, 5.41) is 15.3. The second-order valence-corrected chi connectivity index (χ2v) is 13.6. The van der Waals surface area contributed by atoms with E-state index in [-0.39, 0.29) is 31.3 Å². The van der Waals surface area contributed by atoms with E-state index in [0.29, 0.717) is 6.42 Å². The number of aliphatic hydroxyl groups excluding tert-OH is 1. The first-order valence-corrected chi connectivity index (χ1v) is 18.0. The zero-order valence-electron chi connectivity index (χ0n) is 29.5. The van der Waals surface area contributed by atoms with Crippen molar-refractivity contribution in [3.8, 4) is 11.1 Å². The van der Waals surface area contributed by atoms with Crippen LogP contribution in [0, 0.1) is 5.92 Å².